The Kier molecular flexibility index (Phi) is 6.87. The average Bonchev–Trinajstić information content (AvgIpc) is 3.27. The number of methoxy groups -OCH3 is 2. The quantitative estimate of drug-likeness (QED) is 0.585. The van der Waals surface area contributed by atoms with E-state index in [1.54, 1.807) is 26.4 Å². The molecule has 1 amide bonds. The van der Waals surface area contributed by atoms with Gasteiger partial charge in [-0.25, -0.2) is 9.37 Å². The van der Waals surface area contributed by atoms with Crippen molar-refractivity contribution < 1.29 is 18.7 Å². The summed E-state index contributed by atoms with van der Waals surface area (Å²) in [5.74, 6) is 1.06. The van der Waals surface area contributed by atoms with E-state index in [1.165, 1.54) is 23.5 Å². The first kappa shape index (κ1) is 22.0. The lowest BCUT2D eigenvalue weighted by Crippen LogP contribution is -2.48. The number of ether oxygens (including phenoxy) is 2. The molecular weight excluding hydrogens is 431 g/mol. The van der Waals surface area contributed by atoms with Crippen molar-refractivity contribution in [2.75, 3.05) is 57.2 Å². The van der Waals surface area contributed by atoms with Crippen molar-refractivity contribution in [3.8, 4) is 22.8 Å². The third-order valence-corrected chi connectivity index (χ3v) is 6.12. The fraction of sp³-hybridized carbons (Fsp3) is 0.304. The van der Waals surface area contributed by atoms with Crippen LogP contribution in [0, 0.1) is 5.82 Å². The summed E-state index contributed by atoms with van der Waals surface area (Å²) in [6.45, 7) is 3.39. The molecule has 1 aliphatic rings. The molecule has 0 saturated carbocycles. The summed E-state index contributed by atoms with van der Waals surface area (Å²) in [5, 5.41) is 5.32. The van der Waals surface area contributed by atoms with Crippen LogP contribution in [-0.4, -0.2) is 62.7 Å². The zero-order valence-corrected chi connectivity index (χ0v) is 18.8. The second-order valence-corrected chi connectivity index (χ2v) is 8.25. The zero-order chi connectivity index (χ0) is 22.5. The number of benzene rings is 2. The smallest absolute Gasteiger partial charge is 0.240 e. The van der Waals surface area contributed by atoms with Gasteiger partial charge in [-0.15, -0.1) is 11.3 Å². The third kappa shape index (κ3) is 5.17. The topological polar surface area (TPSA) is 66.9 Å². The van der Waals surface area contributed by atoms with Crippen molar-refractivity contribution in [1.29, 1.82) is 0 Å². The van der Waals surface area contributed by atoms with Gasteiger partial charge in [0.05, 0.1) is 26.5 Å². The molecule has 168 valence electrons. The Morgan fingerprint density at radius 2 is 1.84 bits per heavy atom. The second kappa shape index (κ2) is 9.97. The number of nitrogens with zero attached hydrogens (tertiary/aromatic N) is 3. The zero-order valence-electron chi connectivity index (χ0n) is 18.0. The Bertz CT molecular complexity index is 1070. The number of carbonyl (C=O) groups is 1. The highest BCUT2D eigenvalue weighted by atomic mass is 32.1. The van der Waals surface area contributed by atoms with Gasteiger partial charge in [-0.1, -0.05) is 0 Å². The highest BCUT2D eigenvalue weighted by molar-refractivity contribution is 7.14. The molecule has 9 heteroatoms. The molecule has 3 aromatic rings. The number of nitrogens with one attached hydrogen (secondary N) is 1. The predicted molar refractivity (Wildman–Crippen MR) is 124 cm³/mol. The van der Waals surface area contributed by atoms with Crippen LogP contribution in [0.25, 0.3) is 11.3 Å². The fourth-order valence-electron chi connectivity index (χ4n) is 3.65. The number of hydrogen-bond donors (Lipinski definition) is 1. The number of aromatic nitrogens is 1. The number of thiazole rings is 1. The van der Waals surface area contributed by atoms with Crippen molar-refractivity contribution in [3.05, 3.63) is 53.7 Å². The molecule has 0 atom stereocenters. The lowest BCUT2D eigenvalue weighted by Gasteiger charge is -2.35. The number of hydrogen-bond acceptors (Lipinski definition) is 7. The Labute approximate surface area is 190 Å². The van der Waals surface area contributed by atoms with E-state index in [-0.39, 0.29) is 11.7 Å². The maximum atomic E-state index is 13.1. The van der Waals surface area contributed by atoms with Gasteiger partial charge < -0.3 is 19.7 Å². The van der Waals surface area contributed by atoms with E-state index in [0.29, 0.717) is 28.9 Å². The van der Waals surface area contributed by atoms with Crippen molar-refractivity contribution in [2.24, 2.45) is 0 Å². The highest BCUT2D eigenvalue weighted by Crippen LogP contribution is 2.35. The molecule has 4 rings (SSSR count). The van der Waals surface area contributed by atoms with Crippen molar-refractivity contribution in [3.63, 3.8) is 0 Å². The summed E-state index contributed by atoms with van der Waals surface area (Å²) in [5.41, 5.74) is 2.52. The minimum Gasteiger partial charge on any atom is -0.497 e. The second-order valence-electron chi connectivity index (χ2n) is 7.39. The van der Waals surface area contributed by atoms with Gasteiger partial charge in [0.25, 0.3) is 0 Å². The summed E-state index contributed by atoms with van der Waals surface area (Å²) in [6, 6.07) is 12.0. The van der Waals surface area contributed by atoms with Gasteiger partial charge in [-0.2, -0.15) is 0 Å². The van der Waals surface area contributed by atoms with Crippen LogP contribution in [0.15, 0.2) is 47.8 Å². The molecule has 0 aliphatic carbocycles. The van der Waals surface area contributed by atoms with Crippen molar-refractivity contribution >= 4 is 28.1 Å². The van der Waals surface area contributed by atoms with Crippen LogP contribution in [-0.2, 0) is 4.79 Å². The Morgan fingerprint density at radius 1 is 1.09 bits per heavy atom. The predicted octanol–water partition coefficient (Wildman–Crippen LogP) is 3.73. The SMILES string of the molecule is COc1ccc(OC)c(-c2csc(NC(=O)CN3CCN(c4ccc(F)cc4)CC3)n2)c1. The standard InChI is InChI=1S/C23H25FN4O3S/c1-30-18-7-8-21(31-2)19(13-18)20-15-32-23(25-20)26-22(29)14-27-9-11-28(12-10-27)17-5-3-16(24)4-6-17/h3-8,13,15H,9-12,14H2,1-2H3,(H,25,26,29). The third-order valence-electron chi connectivity index (χ3n) is 5.36. The van der Waals surface area contributed by atoms with E-state index in [9.17, 15) is 9.18 Å². The first-order valence-corrected chi connectivity index (χ1v) is 11.1. The molecule has 1 aromatic heterocycles. The number of carbonyl (C=O) groups excluding carboxylic acids is 1. The Balaban J connectivity index is 1.32. The minimum absolute atomic E-state index is 0.0984. The van der Waals surface area contributed by atoms with Crippen LogP contribution >= 0.6 is 11.3 Å². The summed E-state index contributed by atoms with van der Waals surface area (Å²) in [6.07, 6.45) is 0. The van der Waals surface area contributed by atoms with Gasteiger partial charge in [-0.3, -0.25) is 9.69 Å². The van der Waals surface area contributed by atoms with Gasteiger partial charge >= 0.3 is 0 Å². The van der Waals surface area contributed by atoms with E-state index < -0.39 is 0 Å². The summed E-state index contributed by atoms with van der Waals surface area (Å²) in [4.78, 5) is 21.4. The van der Waals surface area contributed by atoms with Crippen LogP contribution in [0.2, 0.25) is 0 Å². The molecular formula is C23H25FN4O3S. The monoisotopic (exact) mass is 456 g/mol. The van der Waals surface area contributed by atoms with Crippen LogP contribution in [0.4, 0.5) is 15.2 Å². The van der Waals surface area contributed by atoms with Gasteiger partial charge in [-0.05, 0) is 42.5 Å². The van der Waals surface area contributed by atoms with E-state index in [4.69, 9.17) is 9.47 Å². The molecule has 2 heterocycles. The minimum atomic E-state index is -0.237. The molecule has 32 heavy (non-hydrogen) atoms. The average molecular weight is 457 g/mol. The van der Waals surface area contributed by atoms with Crippen molar-refractivity contribution in [1.82, 2.24) is 9.88 Å². The van der Waals surface area contributed by atoms with E-state index in [1.807, 2.05) is 23.6 Å². The van der Waals surface area contributed by atoms with E-state index >= 15 is 0 Å². The first-order valence-electron chi connectivity index (χ1n) is 10.3. The Hall–Kier alpha value is -3.17. The molecule has 7 nitrogen and oxygen atoms in total. The Morgan fingerprint density at radius 3 is 2.53 bits per heavy atom. The largest absolute Gasteiger partial charge is 0.497 e. The van der Waals surface area contributed by atoms with Crippen LogP contribution < -0.4 is 19.7 Å². The number of amides is 1. The molecule has 0 bridgehead atoms. The molecule has 1 N–H and O–H groups in total. The summed E-state index contributed by atoms with van der Waals surface area (Å²) < 4.78 is 23.8. The van der Waals surface area contributed by atoms with Gasteiger partial charge in [0.1, 0.15) is 17.3 Å². The fourth-order valence-corrected chi connectivity index (χ4v) is 4.37. The van der Waals surface area contributed by atoms with Gasteiger partial charge in [0, 0.05) is 42.8 Å². The molecule has 1 fully saturated rings. The van der Waals surface area contributed by atoms with Crippen LogP contribution in [0.1, 0.15) is 0 Å². The first-order chi connectivity index (χ1) is 15.6. The molecule has 0 spiro atoms. The molecule has 1 aliphatic heterocycles. The molecule has 1 saturated heterocycles. The van der Waals surface area contributed by atoms with Crippen LogP contribution in [0.3, 0.4) is 0 Å². The number of anilines is 2. The molecule has 2 aromatic carbocycles. The molecule has 0 radical (unpaired) electrons. The summed E-state index contributed by atoms with van der Waals surface area (Å²) in [7, 11) is 3.22. The van der Waals surface area contributed by atoms with Crippen LogP contribution in [0.5, 0.6) is 11.5 Å². The summed E-state index contributed by atoms with van der Waals surface area (Å²) >= 11 is 1.37. The maximum Gasteiger partial charge on any atom is 0.240 e. The number of piperazine rings is 1. The lowest BCUT2D eigenvalue weighted by molar-refractivity contribution is -0.117. The molecule has 0 unspecified atom stereocenters. The number of halogens is 1. The normalized spacial score (nSPS) is 14.3. The van der Waals surface area contributed by atoms with E-state index in [0.717, 1.165) is 37.4 Å². The number of rotatable bonds is 7. The highest BCUT2D eigenvalue weighted by Gasteiger charge is 2.20. The van der Waals surface area contributed by atoms with Gasteiger partial charge in [0.2, 0.25) is 5.91 Å². The van der Waals surface area contributed by atoms with E-state index in [2.05, 4.69) is 20.1 Å². The van der Waals surface area contributed by atoms with Crippen molar-refractivity contribution in [2.45, 2.75) is 0 Å². The lowest BCUT2D eigenvalue weighted by atomic mass is 10.1. The maximum absolute atomic E-state index is 13.1. The van der Waals surface area contributed by atoms with Gasteiger partial charge in [0.15, 0.2) is 5.13 Å².